The van der Waals surface area contributed by atoms with E-state index in [0.29, 0.717) is 17.9 Å². The zero-order valence-electron chi connectivity index (χ0n) is 13.3. The fraction of sp³-hybridized carbons (Fsp3) is 0.688. The lowest BCUT2D eigenvalue weighted by atomic mass is 9.77. The molecule has 3 unspecified atom stereocenters. The van der Waals surface area contributed by atoms with Crippen LogP contribution in [0.1, 0.15) is 19.3 Å². The van der Waals surface area contributed by atoms with Crippen molar-refractivity contribution >= 4 is 11.9 Å². The minimum absolute atomic E-state index is 0.128. The third-order valence-electron chi connectivity index (χ3n) is 5.41. The van der Waals surface area contributed by atoms with E-state index in [9.17, 15) is 4.79 Å². The van der Waals surface area contributed by atoms with E-state index in [0.717, 1.165) is 45.1 Å². The van der Waals surface area contributed by atoms with Crippen LogP contribution in [0.5, 0.6) is 0 Å². The molecular formula is C16H24N6O. The number of aromatic nitrogens is 2. The molecule has 4 rings (SSSR count). The van der Waals surface area contributed by atoms with E-state index in [2.05, 4.69) is 25.7 Å². The number of anilines is 1. The summed E-state index contributed by atoms with van der Waals surface area (Å²) in [5, 5.41) is 0. The Kier molecular flexibility index (Phi) is 4.13. The molecule has 3 aliphatic rings. The number of amides is 1. The van der Waals surface area contributed by atoms with Gasteiger partial charge in [0.1, 0.15) is 0 Å². The van der Waals surface area contributed by atoms with Crippen LogP contribution in [0.25, 0.3) is 0 Å². The van der Waals surface area contributed by atoms with E-state index in [1.54, 1.807) is 12.4 Å². The summed E-state index contributed by atoms with van der Waals surface area (Å²) in [5.74, 6) is 1.82. The Morgan fingerprint density at radius 3 is 2.70 bits per heavy atom. The number of piperazine rings is 1. The predicted octanol–water partition coefficient (Wildman–Crippen LogP) is 0.0179. The van der Waals surface area contributed by atoms with Crippen molar-refractivity contribution in [1.29, 1.82) is 0 Å². The second kappa shape index (κ2) is 6.41. The molecule has 3 atom stereocenters. The van der Waals surface area contributed by atoms with Crippen LogP contribution in [0.15, 0.2) is 18.5 Å². The van der Waals surface area contributed by atoms with Crippen molar-refractivity contribution in [2.75, 3.05) is 37.6 Å². The number of hydrazine groups is 1. The van der Waals surface area contributed by atoms with E-state index in [4.69, 9.17) is 0 Å². The molecule has 0 spiro atoms. The zero-order chi connectivity index (χ0) is 15.6. The molecule has 23 heavy (non-hydrogen) atoms. The standard InChI is InChI=1S/C16H24N6O/c23-15(13-4-1-3-12-11-19-20-14(12)13)21-7-9-22(10-8-21)16-17-5-2-6-18-16/h2,5-6,12-14,19-20H,1,3-4,7-11H2. The number of carbonyl (C=O) groups is 1. The van der Waals surface area contributed by atoms with Crippen molar-refractivity contribution in [3.05, 3.63) is 18.5 Å². The van der Waals surface area contributed by atoms with E-state index in [1.807, 2.05) is 11.0 Å². The van der Waals surface area contributed by atoms with Crippen LogP contribution in [0.2, 0.25) is 0 Å². The minimum atomic E-state index is 0.128. The van der Waals surface area contributed by atoms with Crippen LogP contribution < -0.4 is 15.8 Å². The van der Waals surface area contributed by atoms with E-state index in [-0.39, 0.29) is 5.92 Å². The first-order chi connectivity index (χ1) is 11.3. The maximum Gasteiger partial charge on any atom is 0.227 e. The summed E-state index contributed by atoms with van der Waals surface area (Å²) in [5.41, 5.74) is 6.57. The average molecular weight is 316 g/mol. The van der Waals surface area contributed by atoms with Crippen molar-refractivity contribution in [3.63, 3.8) is 0 Å². The van der Waals surface area contributed by atoms with Gasteiger partial charge in [0.25, 0.3) is 0 Å². The van der Waals surface area contributed by atoms with Crippen LogP contribution in [-0.2, 0) is 4.79 Å². The molecule has 1 aromatic heterocycles. The van der Waals surface area contributed by atoms with Crippen LogP contribution in [0.3, 0.4) is 0 Å². The summed E-state index contributed by atoms with van der Waals surface area (Å²) in [6, 6.07) is 2.14. The number of hydrogen-bond acceptors (Lipinski definition) is 6. The van der Waals surface area contributed by atoms with Gasteiger partial charge in [0.05, 0.1) is 5.92 Å². The number of hydrogen-bond donors (Lipinski definition) is 2. The normalized spacial score (nSPS) is 31.0. The third-order valence-corrected chi connectivity index (χ3v) is 5.41. The lowest BCUT2D eigenvalue weighted by Gasteiger charge is -2.39. The monoisotopic (exact) mass is 316 g/mol. The van der Waals surface area contributed by atoms with Crippen molar-refractivity contribution in [2.45, 2.75) is 25.3 Å². The van der Waals surface area contributed by atoms with Crippen molar-refractivity contribution in [2.24, 2.45) is 11.8 Å². The Labute approximate surface area is 136 Å². The van der Waals surface area contributed by atoms with E-state index >= 15 is 0 Å². The van der Waals surface area contributed by atoms with E-state index in [1.165, 1.54) is 12.8 Å². The van der Waals surface area contributed by atoms with Gasteiger partial charge in [0.15, 0.2) is 0 Å². The van der Waals surface area contributed by atoms with Crippen molar-refractivity contribution in [1.82, 2.24) is 25.7 Å². The zero-order valence-corrected chi connectivity index (χ0v) is 13.3. The van der Waals surface area contributed by atoms with Crippen LogP contribution in [-0.4, -0.2) is 59.5 Å². The van der Waals surface area contributed by atoms with Crippen LogP contribution in [0, 0.1) is 11.8 Å². The maximum absolute atomic E-state index is 12.9. The van der Waals surface area contributed by atoms with Gasteiger partial charge >= 0.3 is 0 Å². The fourth-order valence-electron chi connectivity index (χ4n) is 4.14. The van der Waals surface area contributed by atoms with Crippen molar-refractivity contribution in [3.8, 4) is 0 Å². The van der Waals surface area contributed by atoms with Gasteiger partial charge in [-0.25, -0.2) is 9.97 Å². The van der Waals surface area contributed by atoms with Gasteiger partial charge in [-0.3, -0.25) is 15.6 Å². The van der Waals surface area contributed by atoms with Gasteiger partial charge in [-0.1, -0.05) is 6.42 Å². The number of nitrogens with one attached hydrogen (secondary N) is 2. The van der Waals surface area contributed by atoms with Gasteiger partial charge in [-0.2, -0.15) is 0 Å². The molecule has 124 valence electrons. The molecular weight excluding hydrogens is 292 g/mol. The fourth-order valence-corrected chi connectivity index (χ4v) is 4.14. The molecule has 1 aliphatic carbocycles. The largest absolute Gasteiger partial charge is 0.339 e. The predicted molar refractivity (Wildman–Crippen MR) is 86.6 cm³/mol. The summed E-state index contributed by atoms with van der Waals surface area (Å²) in [4.78, 5) is 25.7. The molecule has 7 heteroatoms. The molecule has 2 saturated heterocycles. The second-order valence-corrected chi connectivity index (χ2v) is 6.71. The molecule has 3 fully saturated rings. The van der Waals surface area contributed by atoms with Crippen LogP contribution >= 0.6 is 0 Å². The second-order valence-electron chi connectivity index (χ2n) is 6.71. The third kappa shape index (κ3) is 2.90. The number of fused-ring (bicyclic) bond motifs is 1. The molecule has 0 aromatic carbocycles. The lowest BCUT2D eigenvalue weighted by Crippen LogP contribution is -2.54. The van der Waals surface area contributed by atoms with Gasteiger partial charge in [-0.05, 0) is 24.8 Å². The number of carbonyl (C=O) groups excluding carboxylic acids is 1. The summed E-state index contributed by atoms with van der Waals surface area (Å²) >= 11 is 0. The summed E-state index contributed by atoms with van der Waals surface area (Å²) < 4.78 is 0. The maximum atomic E-state index is 12.9. The topological polar surface area (TPSA) is 73.4 Å². The Hall–Kier alpha value is -1.73. The van der Waals surface area contributed by atoms with Gasteiger partial charge < -0.3 is 9.80 Å². The Bertz CT molecular complexity index is 545. The summed E-state index contributed by atoms with van der Waals surface area (Å²) in [6.07, 6.45) is 6.94. The highest BCUT2D eigenvalue weighted by atomic mass is 16.2. The summed E-state index contributed by atoms with van der Waals surface area (Å²) in [7, 11) is 0. The molecule has 0 bridgehead atoms. The highest BCUT2D eigenvalue weighted by Crippen LogP contribution is 2.32. The summed E-state index contributed by atoms with van der Waals surface area (Å²) in [6.45, 7) is 4.13. The highest BCUT2D eigenvalue weighted by Gasteiger charge is 2.42. The SMILES string of the molecule is O=C(C1CCCC2CNNC21)N1CCN(c2ncccn2)CC1. The Morgan fingerprint density at radius 2 is 1.91 bits per heavy atom. The first-order valence-electron chi connectivity index (χ1n) is 8.62. The number of rotatable bonds is 2. The Morgan fingerprint density at radius 1 is 1.13 bits per heavy atom. The average Bonchev–Trinajstić information content (AvgIpc) is 3.11. The lowest BCUT2D eigenvalue weighted by molar-refractivity contribution is -0.138. The first-order valence-corrected chi connectivity index (χ1v) is 8.62. The van der Waals surface area contributed by atoms with Gasteiger partial charge in [-0.15, -0.1) is 0 Å². The molecule has 2 N–H and O–H groups in total. The molecule has 3 heterocycles. The molecule has 0 radical (unpaired) electrons. The Balaban J connectivity index is 1.37. The molecule has 7 nitrogen and oxygen atoms in total. The van der Waals surface area contributed by atoms with Crippen LogP contribution in [0.4, 0.5) is 5.95 Å². The smallest absolute Gasteiger partial charge is 0.227 e. The van der Waals surface area contributed by atoms with Gasteiger partial charge in [0.2, 0.25) is 11.9 Å². The quantitative estimate of drug-likeness (QED) is 0.801. The van der Waals surface area contributed by atoms with Gasteiger partial charge in [0, 0.05) is 51.2 Å². The van der Waals surface area contributed by atoms with Crippen molar-refractivity contribution < 1.29 is 4.79 Å². The number of nitrogens with zero attached hydrogens (tertiary/aromatic N) is 4. The molecule has 1 amide bonds. The van der Waals surface area contributed by atoms with E-state index < -0.39 is 0 Å². The minimum Gasteiger partial charge on any atom is -0.339 e. The molecule has 1 saturated carbocycles. The molecule has 2 aliphatic heterocycles. The first kappa shape index (κ1) is 14.8. The highest BCUT2D eigenvalue weighted by molar-refractivity contribution is 5.80. The molecule has 1 aromatic rings.